The maximum Gasteiger partial charge on any atom is 0.314 e. The van der Waals surface area contributed by atoms with Crippen LogP contribution in [-0.4, -0.2) is 29.9 Å². The van der Waals surface area contributed by atoms with E-state index in [4.69, 9.17) is 14.6 Å². The lowest BCUT2D eigenvalue weighted by Crippen LogP contribution is -2.38. The summed E-state index contributed by atoms with van der Waals surface area (Å²) < 4.78 is 10.6. The van der Waals surface area contributed by atoms with E-state index in [1.54, 1.807) is 48.5 Å². The molecular weight excluding hydrogens is 260 g/mol. The summed E-state index contributed by atoms with van der Waals surface area (Å²) in [5.41, 5.74) is -1.35. The molecule has 0 rings (SSSR count). The lowest BCUT2D eigenvalue weighted by Gasteiger charge is -2.29. The van der Waals surface area contributed by atoms with Gasteiger partial charge in [-0.25, -0.2) is 0 Å². The fourth-order valence-corrected chi connectivity index (χ4v) is 1.16. The fourth-order valence-electron chi connectivity index (χ4n) is 1.16. The lowest BCUT2D eigenvalue weighted by molar-refractivity contribution is -0.208. The van der Waals surface area contributed by atoms with E-state index in [0.29, 0.717) is 6.42 Å². The summed E-state index contributed by atoms with van der Waals surface area (Å²) in [7, 11) is 0. The van der Waals surface area contributed by atoms with E-state index in [2.05, 4.69) is 0 Å². The summed E-state index contributed by atoms with van der Waals surface area (Å²) in [6.45, 7) is 12.1. The van der Waals surface area contributed by atoms with Gasteiger partial charge >= 0.3 is 11.9 Å². The van der Waals surface area contributed by atoms with Gasteiger partial charge in [-0.3, -0.25) is 9.59 Å². The first-order valence-electron chi connectivity index (χ1n) is 6.92. The van der Waals surface area contributed by atoms with E-state index in [1.165, 1.54) is 0 Å². The van der Waals surface area contributed by atoms with Gasteiger partial charge in [0.25, 0.3) is 0 Å². The molecule has 1 atom stereocenters. The Labute approximate surface area is 121 Å². The first-order valence-corrected chi connectivity index (χ1v) is 6.92. The van der Waals surface area contributed by atoms with Crippen molar-refractivity contribution >= 4 is 11.9 Å². The summed E-state index contributed by atoms with van der Waals surface area (Å²) >= 11 is 0. The van der Waals surface area contributed by atoms with E-state index in [-0.39, 0.29) is 12.5 Å². The number of aliphatic hydroxyl groups is 1. The van der Waals surface area contributed by atoms with Crippen LogP contribution in [0.4, 0.5) is 0 Å². The highest BCUT2D eigenvalue weighted by molar-refractivity contribution is 5.77. The first-order chi connectivity index (χ1) is 8.89. The largest absolute Gasteiger partial charge is 0.424 e. The Hall–Kier alpha value is -1.10. The molecule has 0 aliphatic carbocycles. The monoisotopic (exact) mass is 288 g/mol. The average molecular weight is 288 g/mol. The molecule has 0 bridgehead atoms. The van der Waals surface area contributed by atoms with Crippen molar-refractivity contribution in [1.29, 1.82) is 0 Å². The van der Waals surface area contributed by atoms with Gasteiger partial charge in [-0.1, -0.05) is 6.92 Å². The van der Waals surface area contributed by atoms with E-state index < -0.39 is 29.1 Å². The number of carbonyl (C=O) groups is 2. The quantitative estimate of drug-likeness (QED) is 0.621. The molecule has 1 N–H and O–H groups in total. The SMILES string of the molecule is CC(CCO)C(OC(=O)C(C)(C)C)OC(=O)C(C)(C)C. The van der Waals surface area contributed by atoms with Crippen molar-refractivity contribution in [3.8, 4) is 0 Å². The minimum absolute atomic E-state index is 0.0577. The van der Waals surface area contributed by atoms with Crippen LogP contribution in [0, 0.1) is 16.7 Å². The Kier molecular flexibility index (Phi) is 6.68. The molecule has 0 aromatic carbocycles. The molecule has 0 aromatic heterocycles. The number of carbonyl (C=O) groups excluding carboxylic acids is 2. The van der Waals surface area contributed by atoms with Crippen molar-refractivity contribution in [2.45, 2.75) is 61.2 Å². The molecule has 0 saturated carbocycles. The van der Waals surface area contributed by atoms with Gasteiger partial charge in [-0.2, -0.15) is 0 Å². The van der Waals surface area contributed by atoms with E-state index in [9.17, 15) is 9.59 Å². The molecule has 20 heavy (non-hydrogen) atoms. The zero-order chi connectivity index (χ0) is 16.1. The van der Waals surface area contributed by atoms with Crippen LogP contribution < -0.4 is 0 Å². The standard InChI is InChI=1S/C15H28O5/c1-10(8-9-16)11(19-12(17)14(2,3)4)20-13(18)15(5,6)7/h10-11,16H,8-9H2,1-7H3. The molecule has 0 aromatic rings. The summed E-state index contributed by atoms with van der Waals surface area (Å²) in [6, 6.07) is 0. The molecule has 0 aliphatic rings. The van der Waals surface area contributed by atoms with Crippen LogP contribution in [0.2, 0.25) is 0 Å². The van der Waals surface area contributed by atoms with Crippen LogP contribution in [-0.2, 0) is 19.1 Å². The number of ether oxygens (including phenoxy) is 2. The highest BCUT2D eigenvalue weighted by atomic mass is 16.7. The van der Waals surface area contributed by atoms with Crippen LogP contribution in [0.15, 0.2) is 0 Å². The zero-order valence-corrected chi connectivity index (χ0v) is 13.6. The summed E-state index contributed by atoms with van der Waals surface area (Å²) in [4.78, 5) is 23.9. The second-order valence-electron chi connectivity index (χ2n) is 7.17. The minimum Gasteiger partial charge on any atom is -0.424 e. The Balaban J connectivity index is 4.92. The predicted octanol–water partition coefficient (Wildman–Crippen LogP) is 2.51. The Morgan fingerprint density at radius 3 is 1.55 bits per heavy atom. The molecule has 0 spiro atoms. The number of esters is 2. The Morgan fingerprint density at radius 2 is 1.30 bits per heavy atom. The van der Waals surface area contributed by atoms with Crippen molar-refractivity contribution in [1.82, 2.24) is 0 Å². The second kappa shape index (κ2) is 7.07. The van der Waals surface area contributed by atoms with Crippen molar-refractivity contribution in [2.75, 3.05) is 6.61 Å². The molecule has 0 fully saturated rings. The fraction of sp³-hybridized carbons (Fsp3) is 0.867. The van der Waals surface area contributed by atoms with Crippen LogP contribution in [0.25, 0.3) is 0 Å². The van der Waals surface area contributed by atoms with Crippen LogP contribution in [0.5, 0.6) is 0 Å². The number of rotatable bonds is 5. The van der Waals surface area contributed by atoms with Crippen LogP contribution >= 0.6 is 0 Å². The first kappa shape index (κ1) is 18.9. The smallest absolute Gasteiger partial charge is 0.314 e. The van der Waals surface area contributed by atoms with Gasteiger partial charge in [0, 0.05) is 12.5 Å². The predicted molar refractivity (Wildman–Crippen MR) is 75.7 cm³/mol. The van der Waals surface area contributed by atoms with Crippen molar-refractivity contribution in [2.24, 2.45) is 16.7 Å². The van der Waals surface area contributed by atoms with Crippen molar-refractivity contribution in [3.05, 3.63) is 0 Å². The molecule has 5 heteroatoms. The molecule has 1 unspecified atom stereocenters. The minimum atomic E-state index is -0.972. The third kappa shape index (κ3) is 6.37. The van der Waals surface area contributed by atoms with Crippen molar-refractivity contribution in [3.63, 3.8) is 0 Å². The van der Waals surface area contributed by atoms with E-state index >= 15 is 0 Å². The van der Waals surface area contributed by atoms with Gasteiger partial charge < -0.3 is 14.6 Å². The number of hydrogen-bond donors (Lipinski definition) is 1. The third-order valence-electron chi connectivity index (χ3n) is 2.72. The van der Waals surface area contributed by atoms with Gasteiger partial charge in [0.15, 0.2) is 0 Å². The van der Waals surface area contributed by atoms with Gasteiger partial charge in [0.1, 0.15) is 0 Å². The maximum absolute atomic E-state index is 11.9. The third-order valence-corrected chi connectivity index (χ3v) is 2.72. The molecule has 0 radical (unpaired) electrons. The normalized spacial score (nSPS) is 14.1. The highest BCUT2D eigenvalue weighted by Crippen LogP contribution is 2.24. The molecule has 0 amide bonds. The van der Waals surface area contributed by atoms with Crippen LogP contribution in [0.1, 0.15) is 54.9 Å². The zero-order valence-electron chi connectivity index (χ0n) is 13.6. The number of hydrogen-bond acceptors (Lipinski definition) is 5. The van der Waals surface area contributed by atoms with Crippen molar-refractivity contribution < 1.29 is 24.2 Å². The summed E-state index contributed by atoms with van der Waals surface area (Å²) in [6.07, 6.45) is -0.583. The molecule has 0 saturated heterocycles. The van der Waals surface area contributed by atoms with Gasteiger partial charge in [-0.05, 0) is 48.0 Å². The Bertz CT molecular complexity index is 307. The molecular formula is C15H28O5. The van der Waals surface area contributed by atoms with Crippen LogP contribution in [0.3, 0.4) is 0 Å². The summed E-state index contributed by atoms with van der Waals surface area (Å²) in [5, 5.41) is 8.99. The van der Waals surface area contributed by atoms with Gasteiger partial charge in [0.05, 0.1) is 10.8 Å². The number of aliphatic hydroxyl groups excluding tert-OH is 1. The topological polar surface area (TPSA) is 72.8 Å². The maximum atomic E-state index is 11.9. The molecule has 0 heterocycles. The molecule has 5 nitrogen and oxygen atoms in total. The van der Waals surface area contributed by atoms with E-state index in [1.807, 2.05) is 0 Å². The second-order valence-corrected chi connectivity index (χ2v) is 7.17. The molecule has 118 valence electrons. The summed E-state index contributed by atoms with van der Waals surface area (Å²) in [5.74, 6) is -1.14. The molecule has 0 aliphatic heterocycles. The highest BCUT2D eigenvalue weighted by Gasteiger charge is 2.34. The lowest BCUT2D eigenvalue weighted by atomic mass is 9.96. The Morgan fingerprint density at radius 1 is 0.950 bits per heavy atom. The van der Waals surface area contributed by atoms with Gasteiger partial charge in [-0.15, -0.1) is 0 Å². The average Bonchev–Trinajstić information content (AvgIpc) is 2.25. The van der Waals surface area contributed by atoms with Gasteiger partial charge in [0.2, 0.25) is 6.29 Å². The van der Waals surface area contributed by atoms with E-state index in [0.717, 1.165) is 0 Å².